The SMILES string of the molecule is CC(=O)Nc1cccc(C(=O)N[C@@H](Cc2cnc3ccccc3n2)C(N)=O)c1. The van der Waals surface area contributed by atoms with Gasteiger partial charge in [0.25, 0.3) is 5.91 Å². The number of fused-ring (bicyclic) bond motifs is 1. The van der Waals surface area contributed by atoms with E-state index < -0.39 is 17.9 Å². The van der Waals surface area contributed by atoms with Crippen LogP contribution in [-0.4, -0.2) is 33.7 Å². The molecule has 8 heteroatoms. The first-order chi connectivity index (χ1) is 13.4. The summed E-state index contributed by atoms with van der Waals surface area (Å²) in [7, 11) is 0. The van der Waals surface area contributed by atoms with Crippen molar-refractivity contribution in [3.05, 3.63) is 66.0 Å². The van der Waals surface area contributed by atoms with Crippen LogP contribution in [0, 0.1) is 0 Å². The maximum Gasteiger partial charge on any atom is 0.252 e. The van der Waals surface area contributed by atoms with Gasteiger partial charge in [-0.05, 0) is 30.3 Å². The third-order valence-corrected chi connectivity index (χ3v) is 4.01. The first-order valence-corrected chi connectivity index (χ1v) is 8.61. The minimum atomic E-state index is -0.951. The van der Waals surface area contributed by atoms with Gasteiger partial charge in [0.1, 0.15) is 6.04 Å². The third-order valence-electron chi connectivity index (χ3n) is 4.01. The summed E-state index contributed by atoms with van der Waals surface area (Å²) in [5, 5.41) is 5.22. The summed E-state index contributed by atoms with van der Waals surface area (Å²) in [4.78, 5) is 44.3. The number of primary amides is 1. The highest BCUT2D eigenvalue weighted by atomic mass is 16.2. The average Bonchev–Trinajstić information content (AvgIpc) is 2.67. The maximum absolute atomic E-state index is 12.5. The number of carbonyl (C=O) groups excluding carboxylic acids is 3. The number of nitrogens with two attached hydrogens (primary N) is 1. The van der Waals surface area contributed by atoms with Gasteiger partial charge in [-0.1, -0.05) is 18.2 Å². The Labute approximate surface area is 161 Å². The predicted octanol–water partition coefficient (Wildman–Crippen LogP) is 1.41. The molecule has 142 valence electrons. The van der Waals surface area contributed by atoms with E-state index in [4.69, 9.17) is 5.73 Å². The molecule has 4 N–H and O–H groups in total. The van der Waals surface area contributed by atoms with E-state index in [0.717, 1.165) is 5.52 Å². The largest absolute Gasteiger partial charge is 0.368 e. The van der Waals surface area contributed by atoms with Crippen molar-refractivity contribution in [1.82, 2.24) is 15.3 Å². The second-order valence-corrected chi connectivity index (χ2v) is 6.24. The van der Waals surface area contributed by atoms with Crippen LogP contribution >= 0.6 is 0 Å². The van der Waals surface area contributed by atoms with Gasteiger partial charge in [0, 0.05) is 30.8 Å². The zero-order valence-electron chi connectivity index (χ0n) is 15.2. The van der Waals surface area contributed by atoms with E-state index in [2.05, 4.69) is 20.6 Å². The van der Waals surface area contributed by atoms with Crippen molar-refractivity contribution < 1.29 is 14.4 Å². The van der Waals surface area contributed by atoms with Crippen LogP contribution in [0.2, 0.25) is 0 Å². The molecule has 1 heterocycles. The van der Waals surface area contributed by atoms with Crippen LogP contribution < -0.4 is 16.4 Å². The Bertz CT molecular complexity index is 1050. The van der Waals surface area contributed by atoms with Crippen molar-refractivity contribution in [3.8, 4) is 0 Å². The molecule has 0 spiro atoms. The molecule has 3 amide bonds. The van der Waals surface area contributed by atoms with E-state index in [1.54, 1.807) is 24.4 Å². The van der Waals surface area contributed by atoms with Crippen molar-refractivity contribution in [1.29, 1.82) is 0 Å². The van der Waals surface area contributed by atoms with Crippen molar-refractivity contribution in [2.75, 3.05) is 5.32 Å². The molecule has 1 aromatic heterocycles. The van der Waals surface area contributed by atoms with Crippen LogP contribution in [-0.2, 0) is 16.0 Å². The van der Waals surface area contributed by atoms with Crippen LogP contribution in [0.1, 0.15) is 23.0 Å². The Kier molecular flexibility index (Phi) is 5.59. The second kappa shape index (κ2) is 8.26. The van der Waals surface area contributed by atoms with Gasteiger partial charge in [0.15, 0.2) is 0 Å². The molecule has 28 heavy (non-hydrogen) atoms. The molecule has 0 fully saturated rings. The van der Waals surface area contributed by atoms with Gasteiger partial charge in [0.05, 0.1) is 16.7 Å². The third kappa shape index (κ3) is 4.67. The van der Waals surface area contributed by atoms with Crippen molar-refractivity contribution >= 4 is 34.4 Å². The number of benzene rings is 2. The fourth-order valence-electron chi connectivity index (χ4n) is 2.71. The molecule has 0 bridgehead atoms. The van der Waals surface area contributed by atoms with Gasteiger partial charge < -0.3 is 16.4 Å². The summed E-state index contributed by atoms with van der Waals surface area (Å²) in [5.74, 6) is -1.41. The Balaban J connectivity index is 1.76. The number of hydrogen-bond acceptors (Lipinski definition) is 5. The van der Waals surface area contributed by atoms with Crippen LogP contribution in [0.4, 0.5) is 5.69 Å². The second-order valence-electron chi connectivity index (χ2n) is 6.24. The summed E-state index contributed by atoms with van der Waals surface area (Å²) in [6.45, 7) is 1.38. The van der Waals surface area contributed by atoms with Crippen LogP contribution in [0.5, 0.6) is 0 Å². The molecular formula is C20H19N5O3. The van der Waals surface area contributed by atoms with Gasteiger partial charge in [0.2, 0.25) is 11.8 Å². The number of anilines is 1. The molecule has 0 saturated carbocycles. The highest BCUT2D eigenvalue weighted by Gasteiger charge is 2.20. The molecule has 0 aliphatic rings. The number of carbonyl (C=O) groups is 3. The predicted molar refractivity (Wildman–Crippen MR) is 104 cm³/mol. The summed E-state index contributed by atoms with van der Waals surface area (Å²) in [5.41, 5.74) is 8.20. The number of rotatable bonds is 6. The molecule has 8 nitrogen and oxygen atoms in total. The molecule has 0 saturated heterocycles. The fraction of sp³-hybridized carbons (Fsp3) is 0.150. The molecule has 1 atom stereocenters. The Hall–Kier alpha value is -3.81. The summed E-state index contributed by atoms with van der Waals surface area (Å²) in [6.07, 6.45) is 1.67. The van der Waals surface area contributed by atoms with Gasteiger partial charge in [-0.2, -0.15) is 0 Å². The highest BCUT2D eigenvalue weighted by Crippen LogP contribution is 2.12. The van der Waals surface area contributed by atoms with Crippen molar-refractivity contribution in [2.24, 2.45) is 5.73 Å². The monoisotopic (exact) mass is 377 g/mol. The zero-order valence-corrected chi connectivity index (χ0v) is 15.2. The Morgan fingerprint density at radius 2 is 1.82 bits per heavy atom. The van der Waals surface area contributed by atoms with Crippen molar-refractivity contribution in [2.45, 2.75) is 19.4 Å². The summed E-state index contributed by atoms with van der Waals surface area (Å²) < 4.78 is 0. The van der Waals surface area contributed by atoms with Gasteiger partial charge in [-0.15, -0.1) is 0 Å². The normalized spacial score (nSPS) is 11.6. The topological polar surface area (TPSA) is 127 Å². The minimum absolute atomic E-state index is 0.115. The van der Waals surface area contributed by atoms with Crippen LogP contribution in [0.3, 0.4) is 0 Å². The highest BCUT2D eigenvalue weighted by molar-refractivity contribution is 5.99. The number of nitrogens with zero attached hydrogens (tertiary/aromatic N) is 2. The number of hydrogen-bond donors (Lipinski definition) is 3. The van der Waals surface area contributed by atoms with Gasteiger partial charge >= 0.3 is 0 Å². The van der Waals surface area contributed by atoms with E-state index in [1.807, 2.05) is 24.3 Å². The zero-order chi connectivity index (χ0) is 20.1. The lowest BCUT2D eigenvalue weighted by atomic mass is 10.1. The van der Waals surface area contributed by atoms with Gasteiger partial charge in [-0.25, -0.2) is 4.98 Å². The number of amides is 3. The standard InChI is InChI=1S/C20H19N5O3/c1-12(26)23-14-6-4-5-13(9-14)20(28)25-18(19(21)27)10-15-11-22-16-7-2-3-8-17(16)24-15/h2-9,11,18H,10H2,1H3,(H2,21,27)(H,23,26)(H,25,28)/t18-/m0/s1. The molecule has 0 aliphatic heterocycles. The van der Waals surface area contributed by atoms with E-state index in [1.165, 1.54) is 13.0 Å². The molecule has 0 aliphatic carbocycles. The average molecular weight is 377 g/mol. The number of nitrogens with one attached hydrogen (secondary N) is 2. The molecular weight excluding hydrogens is 358 g/mol. The van der Waals surface area contributed by atoms with E-state index in [9.17, 15) is 14.4 Å². The maximum atomic E-state index is 12.5. The van der Waals surface area contributed by atoms with Crippen LogP contribution in [0.25, 0.3) is 11.0 Å². The Morgan fingerprint density at radius 1 is 1.07 bits per heavy atom. The summed E-state index contributed by atoms with van der Waals surface area (Å²) >= 11 is 0. The first kappa shape index (κ1) is 19.0. The minimum Gasteiger partial charge on any atom is -0.368 e. The molecule has 0 unspecified atom stereocenters. The van der Waals surface area contributed by atoms with Crippen LogP contribution in [0.15, 0.2) is 54.7 Å². The Morgan fingerprint density at radius 3 is 2.54 bits per heavy atom. The lowest BCUT2D eigenvalue weighted by Crippen LogP contribution is -2.46. The summed E-state index contributed by atoms with van der Waals surface area (Å²) in [6, 6.07) is 12.8. The van der Waals surface area contributed by atoms with E-state index in [0.29, 0.717) is 22.5 Å². The molecule has 3 aromatic rings. The van der Waals surface area contributed by atoms with E-state index in [-0.39, 0.29) is 12.3 Å². The molecule has 2 aromatic carbocycles. The first-order valence-electron chi connectivity index (χ1n) is 8.61. The molecule has 0 radical (unpaired) electrons. The quantitative estimate of drug-likeness (QED) is 0.599. The van der Waals surface area contributed by atoms with Gasteiger partial charge in [-0.3, -0.25) is 19.4 Å². The number of para-hydroxylation sites is 2. The number of aromatic nitrogens is 2. The van der Waals surface area contributed by atoms with Crippen molar-refractivity contribution in [3.63, 3.8) is 0 Å². The smallest absolute Gasteiger partial charge is 0.252 e. The van der Waals surface area contributed by atoms with E-state index >= 15 is 0 Å². The lowest BCUT2D eigenvalue weighted by Gasteiger charge is -2.15. The lowest BCUT2D eigenvalue weighted by molar-refractivity contribution is -0.119. The molecule has 3 rings (SSSR count). The fourth-order valence-corrected chi connectivity index (χ4v) is 2.71.